The summed E-state index contributed by atoms with van der Waals surface area (Å²) in [5.41, 5.74) is -0.172. The van der Waals surface area contributed by atoms with Gasteiger partial charge in [-0.25, -0.2) is 4.79 Å². The smallest absolute Gasteiger partial charge is 0.410 e. The lowest BCUT2D eigenvalue weighted by atomic mass is 9.85. The van der Waals surface area contributed by atoms with Gasteiger partial charge in [-0.1, -0.05) is 26.2 Å². The summed E-state index contributed by atoms with van der Waals surface area (Å²) >= 11 is 0. The molecule has 1 aliphatic carbocycles. The number of piperidine rings is 1. The van der Waals surface area contributed by atoms with Crippen LogP contribution < -0.4 is 0 Å². The van der Waals surface area contributed by atoms with Gasteiger partial charge >= 0.3 is 6.09 Å². The number of hydrogen-bond donors (Lipinski definition) is 0. The first-order chi connectivity index (χ1) is 9.26. The Hall–Kier alpha value is -0.730. The van der Waals surface area contributed by atoms with E-state index in [1.807, 2.05) is 4.90 Å². The highest BCUT2D eigenvalue weighted by Crippen LogP contribution is 2.33. The Morgan fingerprint density at radius 3 is 2.05 bits per heavy atom. The van der Waals surface area contributed by atoms with Gasteiger partial charge in [0.2, 0.25) is 0 Å². The van der Waals surface area contributed by atoms with E-state index in [0.717, 1.165) is 45.2 Å². The lowest BCUT2D eigenvalue weighted by molar-refractivity contribution is -0.0312. The molecular weight excluding hydrogens is 238 g/mol. The van der Waals surface area contributed by atoms with Gasteiger partial charge in [-0.3, -0.25) is 0 Å². The highest BCUT2D eigenvalue weighted by molar-refractivity contribution is 5.68. The van der Waals surface area contributed by atoms with E-state index in [0.29, 0.717) is 0 Å². The maximum absolute atomic E-state index is 12.3. The second-order valence-electron chi connectivity index (χ2n) is 6.22. The fourth-order valence-electron chi connectivity index (χ4n) is 3.40. The van der Waals surface area contributed by atoms with Crippen LogP contribution in [0.2, 0.25) is 0 Å². The van der Waals surface area contributed by atoms with Gasteiger partial charge in [-0.15, -0.1) is 0 Å². The van der Waals surface area contributed by atoms with Gasteiger partial charge in [-0.05, 0) is 51.4 Å². The first kappa shape index (κ1) is 14.7. The van der Waals surface area contributed by atoms with Crippen molar-refractivity contribution in [2.75, 3.05) is 13.1 Å². The van der Waals surface area contributed by atoms with Crippen molar-refractivity contribution in [2.24, 2.45) is 0 Å². The molecule has 0 bridgehead atoms. The van der Waals surface area contributed by atoms with Crippen LogP contribution in [0.3, 0.4) is 0 Å². The molecule has 2 fully saturated rings. The Labute approximate surface area is 117 Å². The average molecular weight is 267 g/mol. The molecule has 110 valence electrons. The molecule has 2 rings (SSSR count). The summed E-state index contributed by atoms with van der Waals surface area (Å²) in [7, 11) is 0. The fraction of sp³-hybridized carbons (Fsp3) is 0.938. The summed E-state index contributed by atoms with van der Waals surface area (Å²) in [4.78, 5) is 14.2. The van der Waals surface area contributed by atoms with E-state index in [1.165, 1.54) is 38.5 Å². The second kappa shape index (κ2) is 7.16. The summed E-state index contributed by atoms with van der Waals surface area (Å²) in [5, 5.41) is 0. The molecule has 1 saturated heterocycles. The lowest BCUT2D eigenvalue weighted by Gasteiger charge is -2.37. The number of carbonyl (C=O) groups excluding carboxylic acids is 1. The zero-order valence-corrected chi connectivity index (χ0v) is 12.5. The zero-order chi connectivity index (χ0) is 13.6. The van der Waals surface area contributed by atoms with Crippen LogP contribution >= 0.6 is 0 Å². The Morgan fingerprint density at radius 2 is 1.47 bits per heavy atom. The second-order valence-corrected chi connectivity index (χ2v) is 6.22. The van der Waals surface area contributed by atoms with Crippen LogP contribution in [0.1, 0.15) is 77.6 Å². The molecule has 1 saturated carbocycles. The first-order valence-electron chi connectivity index (χ1n) is 8.24. The standard InChI is InChI=1S/C16H29NO2/c1-2-16(11-7-4-3-5-8-12-16)19-15(18)17-13-9-6-10-14-17/h2-14H2,1H3. The summed E-state index contributed by atoms with van der Waals surface area (Å²) in [6.45, 7) is 3.95. The summed E-state index contributed by atoms with van der Waals surface area (Å²) in [6, 6.07) is 0. The average Bonchev–Trinajstić information content (AvgIpc) is 2.43. The molecule has 1 amide bonds. The highest BCUT2D eigenvalue weighted by atomic mass is 16.6. The third-order valence-corrected chi connectivity index (χ3v) is 4.83. The molecule has 0 N–H and O–H groups in total. The minimum Gasteiger partial charge on any atom is -0.443 e. The van der Waals surface area contributed by atoms with Crippen molar-refractivity contribution in [1.82, 2.24) is 4.90 Å². The zero-order valence-electron chi connectivity index (χ0n) is 12.5. The van der Waals surface area contributed by atoms with Gasteiger partial charge in [0.1, 0.15) is 5.60 Å². The predicted octanol–water partition coefficient (Wildman–Crippen LogP) is 4.50. The third kappa shape index (κ3) is 4.12. The minimum atomic E-state index is -0.172. The quantitative estimate of drug-likeness (QED) is 0.737. The molecule has 0 spiro atoms. The molecular formula is C16H29NO2. The van der Waals surface area contributed by atoms with Crippen molar-refractivity contribution in [3.8, 4) is 0 Å². The first-order valence-corrected chi connectivity index (χ1v) is 8.24. The van der Waals surface area contributed by atoms with Crippen molar-refractivity contribution in [2.45, 2.75) is 83.2 Å². The highest BCUT2D eigenvalue weighted by Gasteiger charge is 2.34. The Balaban J connectivity index is 1.93. The number of ether oxygens (including phenoxy) is 1. The molecule has 2 aliphatic rings. The molecule has 0 radical (unpaired) electrons. The molecule has 0 atom stereocenters. The van der Waals surface area contributed by atoms with Gasteiger partial charge in [-0.2, -0.15) is 0 Å². The third-order valence-electron chi connectivity index (χ3n) is 4.83. The van der Waals surface area contributed by atoms with E-state index >= 15 is 0 Å². The van der Waals surface area contributed by atoms with Crippen LogP contribution in [-0.2, 0) is 4.74 Å². The van der Waals surface area contributed by atoms with Crippen molar-refractivity contribution >= 4 is 6.09 Å². The largest absolute Gasteiger partial charge is 0.443 e. The van der Waals surface area contributed by atoms with Gasteiger partial charge in [0.05, 0.1) is 0 Å². The monoisotopic (exact) mass is 267 g/mol. The van der Waals surface area contributed by atoms with E-state index in [4.69, 9.17) is 4.74 Å². The molecule has 0 aromatic heterocycles. The van der Waals surface area contributed by atoms with Crippen LogP contribution in [0.5, 0.6) is 0 Å². The molecule has 0 aromatic carbocycles. The van der Waals surface area contributed by atoms with E-state index in [-0.39, 0.29) is 11.7 Å². The predicted molar refractivity (Wildman–Crippen MR) is 77.2 cm³/mol. The Morgan fingerprint density at radius 1 is 0.947 bits per heavy atom. The Kier molecular flexibility index (Phi) is 5.53. The number of amides is 1. The number of nitrogens with zero attached hydrogens (tertiary/aromatic N) is 1. The molecule has 1 aliphatic heterocycles. The van der Waals surface area contributed by atoms with Gasteiger partial charge in [0.15, 0.2) is 0 Å². The summed E-state index contributed by atoms with van der Waals surface area (Å²) in [6.07, 6.45) is 12.9. The van der Waals surface area contributed by atoms with Crippen LogP contribution in [0.15, 0.2) is 0 Å². The SMILES string of the molecule is CCC1(OC(=O)N2CCCCC2)CCCCCCC1. The lowest BCUT2D eigenvalue weighted by Crippen LogP contribution is -2.43. The van der Waals surface area contributed by atoms with E-state index in [9.17, 15) is 4.79 Å². The summed E-state index contributed by atoms with van der Waals surface area (Å²) in [5.74, 6) is 0. The van der Waals surface area contributed by atoms with Crippen molar-refractivity contribution in [3.05, 3.63) is 0 Å². The normalized spacial score (nSPS) is 24.4. The maximum atomic E-state index is 12.3. The van der Waals surface area contributed by atoms with Crippen molar-refractivity contribution in [1.29, 1.82) is 0 Å². The van der Waals surface area contributed by atoms with E-state index < -0.39 is 0 Å². The van der Waals surface area contributed by atoms with Crippen LogP contribution in [-0.4, -0.2) is 29.7 Å². The van der Waals surface area contributed by atoms with Crippen LogP contribution in [0.25, 0.3) is 0 Å². The minimum absolute atomic E-state index is 0.0536. The number of carbonyl (C=O) groups is 1. The number of hydrogen-bond acceptors (Lipinski definition) is 2. The Bertz CT molecular complexity index is 276. The van der Waals surface area contributed by atoms with Gasteiger partial charge in [0.25, 0.3) is 0 Å². The molecule has 3 heteroatoms. The van der Waals surface area contributed by atoms with E-state index in [2.05, 4.69) is 6.92 Å². The molecule has 1 heterocycles. The van der Waals surface area contributed by atoms with E-state index in [1.54, 1.807) is 0 Å². The maximum Gasteiger partial charge on any atom is 0.410 e. The molecule has 3 nitrogen and oxygen atoms in total. The number of rotatable bonds is 2. The van der Waals surface area contributed by atoms with Gasteiger partial charge in [0, 0.05) is 13.1 Å². The molecule has 19 heavy (non-hydrogen) atoms. The van der Waals surface area contributed by atoms with Crippen molar-refractivity contribution < 1.29 is 9.53 Å². The van der Waals surface area contributed by atoms with Crippen LogP contribution in [0.4, 0.5) is 4.79 Å². The van der Waals surface area contributed by atoms with Crippen molar-refractivity contribution in [3.63, 3.8) is 0 Å². The fourth-order valence-corrected chi connectivity index (χ4v) is 3.40. The summed E-state index contributed by atoms with van der Waals surface area (Å²) < 4.78 is 5.99. The topological polar surface area (TPSA) is 29.5 Å². The van der Waals surface area contributed by atoms with Gasteiger partial charge < -0.3 is 9.64 Å². The van der Waals surface area contributed by atoms with Crippen LogP contribution in [0, 0.1) is 0 Å². The molecule has 0 aromatic rings. The number of likely N-dealkylation sites (tertiary alicyclic amines) is 1. The molecule has 0 unspecified atom stereocenters.